The highest BCUT2D eigenvalue weighted by Crippen LogP contribution is 2.31. The van der Waals surface area contributed by atoms with Crippen LogP contribution in [0.4, 0.5) is 0 Å². The minimum absolute atomic E-state index is 0.00209. The fourth-order valence-electron chi connectivity index (χ4n) is 2.63. The molecule has 2 aromatic rings. The van der Waals surface area contributed by atoms with E-state index in [-0.39, 0.29) is 5.91 Å². The third-order valence-electron chi connectivity index (χ3n) is 4.24. The van der Waals surface area contributed by atoms with Crippen LogP contribution in [0.3, 0.4) is 0 Å². The number of fused-ring (bicyclic) bond motifs is 1. The summed E-state index contributed by atoms with van der Waals surface area (Å²) in [6.07, 6.45) is 3.10. The zero-order valence-electron chi connectivity index (χ0n) is 12.7. The monoisotopic (exact) mass is 280 g/mol. The molecule has 2 N–H and O–H groups in total. The van der Waals surface area contributed by atoms with Crippen LogP contribution in [0.2, 0.25) is 0 Å². The molecule has 2 aromatic carbocycles. The number of rotatable bonds is 2. The summed E-state index contributed by atoms with van der Waals surface area (Å²) in [5.41, 5.74) is 8.53. The fourth-order valence-corrected chi connectivity index (χ4v) is 2.63. The number of benzene rings is 2. The minimum atomic E-state index is -0.522. The summed E-state index contributed by atoms with van der Waals surface area (Å²) in [6, 6.07) is 12.8. The Labute approximate surface area is 125 Å². The molecular formula is C18H20N2O. The molecule has 1 saturated heterocycles. The Balaban J connectivity index is 2.11. The topological polar surface area (TPSA) is 41.1 Å². The van der Waals surface area contributed by atoms with Gasteiger partial charge in [0.15, 0.2) is 0 Å². The molecule has 108 valence electrons. The molecule has 0 radical (unpaired) electrons. The van der Waals surface area contributed by atoms with Gasteiger partial charge in [-0.3, -0.25) is 10.2 Å². The zero-order valence-corrected chi connectivity index (χ0v) is 12.7. The van der Waals surface area contributed by atoms with Gasteiger partial charge in [0.2, 0.25) is 5.91 Å². The standard InChI is InChI=1S/C18H20N2O/c1-4-12-8-9-15-13(10-12)6-5-7-14(15)11-16-18(2,3)17(21)20-19-16/h5-11,19H,4H2,1-3H3,(H,20,21)/b16-11-. The third-order valence-corrected chi connectivity index (χ3v) is 4.24. The number of hydrogen-bond donors (Lipinski definition) is 2. The average Bonchev–Trinajstić information content (AvgIpc) is 2.73. The van der Waals surface area contributed by atoms with Crippen molar-refractivity contribution in [3.8, 4) is 0 Å². The summed E-state index contributed by atoms with van der Waals surface area (Å²) in [5, 5.41) is 2.44. The van der Waals surface area contributed by atoms with Crippen molar-refractivity contribution in [2.45, 2.75) is 27.2 Å². The van der Waals surface area contributed by atoms with Crippen LogP contribution in [0.5, 0.6) is 0 Å². The first kappa shape index (κ1) is 13.7. The molecule has 1 aliphatic heterocycles. The Bertz CT molecular complexity index is 744. The number of hydrazine groups is 1. The summed E-state index contributed by atoms with van der Waals surface area (Å²) >= 11 is 0. The van der Waals surface area contributed by atoms with Crippen LogP contribution >= 0.6 is 0 Å². The Hall–Kier alpha value is -2.29. The van der Waals surface area contributed by atoms with E-state index in [4.69, 9.17) is 0 Å². The van der Waals surface area contributed by atoms with E-state index in [2.05, 4.69) is 60.2 Å². The summed E-state index contributed by atoms with van der Waals surface area (Å²) < 4.78 is 0. The quantitative estimate of drug-likeness (QED) is 0.885. The summed E-state index contributed by atoms with van der Waals surface area (Å²) in [5.74, 6) is 0.00209. The van der Waals surface area contributed by atoms with E-state index in [1.54, 1.807) is 0 Å². The second-order valence-electron chi connectivity index (χ2n) is 6.02. The normalized spacial score (nSPS) is 18.8. The van der Waals surface area contributed by atoms with Crippen LogP contribution in [-0.4, -0.2) is 5.91 Å². The van der Waals surface area contributed by atoms with Crippen LogP contribution in [0, 0.1) is 5.41 Å². The summed E-state index contributed by atoms with van der Waals surface area (Å²) in [6.45, 7) is 6.01. The Morgan fingerprint density at radius 2 is 1.95 bits per heavy atom. The maximum absolute atomic E-state index is 11.8. The lowest BCUT2D eigenvalue weighted by Gasteiger charge is -2.15. The molecule has 1 heterocycles. The highest BCUT2D eigenvalue weighted by molar-refractivity contribution is 5.94. The predicted octanol–water partition coefficient (Wildman–Crippen LogP) is 3.40. The molecule has 0 saturated carbocycles. The van der Waals surface area contributed by atoms with Crippen molar-refractivity contribution >= 4 is 22.8 Å². The first-order valence-electron chi connectivity index (χ1n) is 7.32. The van der Waals surface area contributed by atoms with Crippen molar-refractivity contribution < 1.29 is 4.79 Å². The second-order valence-corrected chi connectivity index (χ2v) is 6.02. The van der Waals surface area contributed by atoms with E-state index in [9.17, 15) is 4.79 Å². The molecule has 0 bridgehead atoms. The number of carbonyl (C=O) groups is 1. The first-order valence-corrected chi connectivity index (χ1v) is 7.32. The molecule has 21 heavy (non-hydrogen) atoms. The summed E-state index contributed by atoms with van der Waals surface area (Å²) in [7, 11) is 0. The smallest absolute Gasteiger partial charge is 0.249 e. The molecule has 3 rings (SSSR count). The van der Waals surface area contributed by atoms with Crippen molar-refractivity contribution in [1.29, 1.82) is 0 Å². The second kappa shape index (κ2) is 4.92. The van der Waals surface area contributed by atoms with E-state index in [0.29, 0.717) is 0 Å². The van der Waals surface area contributed by atoms with E-state index < -0.39 is 5.41 Å². The van der Waals surface area contributed by atoms with Crippen molar-refractivity contribution in [1.82, 2.24) is 10.9 Å². The highest BCUT2D eigenvalue weighted by Gasteiger charge is 2.37. The van der Waals surface area contributed by atoms with Gasteiger partial charge in [0, 0.05) is 5.70 Å². The molecule has 1 fully saturated rings. The maximum Gasteiger partial charge on any atom is 0.249 e. The third kappa shape index (κ3) is 2.29. The van der Waals surface area contributed by atoms with Gasteiger partial charge in [-0.05, 0) is 48.2 Å². The first-order chi connectivity index (χ1) is 10.0. The molecule has 0 atom stereocenters. The number of carbonyl (C=O) groups excluding carboxylic acids is 1. The van der Waals surface area contributed by atoms with E-state index >= 15 is 0 Å². The average molecular weight is 280 g/mol. The lowest BCUT2D eigenvalue weighted by molar-refractivity contribution is -0.125. The van der Waals surface area contributed by atoms with Crippen molar-refractivity contribution in [3.05, 3.63) is 53.2 Å². The van der Waals surface area contributed by atoms with Gasteiger partial charge in [-0.1, -0.05) is 43.3 Å². The van der Waals surface area contributed by atoms with Gasteiger partial charge in [-0.25, -0.2) is 0 Å². The molecular weight excluding hydrogens is 260 g/mol. The fraction of sp³-hybridized carbons (Fsp3) is 0.278. The molecule has 0 aromatic heterocycles. The van der Waals surface area contributed by atoms with Gasteiger partial charge in [0.05, 0.1) is 5.41 Å². The largest absolute Gasteiger partial charge is 0.302 e. The van der Waals surface area contributed by atoms with E-state index in [0.717, 1.165) is 17.7 Å². The maximum atomic E-state index is 11.8. The number of nitrogens with one attached hydrogen (secondary N) is 2. The SMILES string of the molecule is CCc1ccc2c(/C=C3\NNC(=O)C3(C)C)cccc2c1. The molecule has 0 aliphatic carbocycles. The van der Waals surface area contributed by atoms with Gasteiger partial charge < -0.3 is 5.43 Å². The summed E-state index contributed by atoms with van der Waals surface area (Å²) in [4.78, 5) is 11.8. The molecule has 0 unspecified atom stereocenters. The van der Waals surface area contributed by atoms with Crippen LogP contribution in [0.1, 0.15) is 31.9 Å². The van der Waals surface area contributed by atoms with E-state index in [1.807, 2.05) is 13.8 Å². The lowest BCUT2D eigenvalue weighted by atomic mass is 9.88. The minimum Gasteiger partial charge on any atom is -0.302 e. The predicted molar refractivity (Wildman–Crippen MR) is 86.4 cm³/mol. The van der Waals surface area contributed by atoms with Crippen molar-refractivity contribution in [3.63, 3.8) is 0 Å². The number of amides is 1. The van der Waals surface area contributed by atoms with Crippen LogP contribution in [0.25, 0.3) is 16.8 Å². The lowest BCUT2D eigenvalue weighted by Crippen LogP contribution is -2.28. The van der Waals surface area contributed by atoms with Crippen LogP contribution < -0.4 is 10.9 Å². The van der Waals surface area contributed by atoms with Crippen molar-refractivity contribution in [2.24, 2.45) is 5.41 Å². The number of hydrogen-bond acceptors (Lipinski definition) is 2. The van der Waals surface area contributed by atoms with Crippen LogP contribution in [0.15, 0.2) is 42.1 Å². The van der Waals surface area contributed by atoms with Gasteiger partial charge in [-0.15, -0.1) is 0 Å². The Kier molecular flexibility index (Phi) is 3.20. The van der Waals surface area contributed by atoms with Gasteiger partial charge >= 0.3 is 0 Å². The van der Waals surface area contributed by atoms with Gasteiger partial charge in [-0.2, -0.15) is 0 Å². The Morgan fingerprint density at radius 1 is 1.14 bits per heavy atom. The van der Waals surface area contributed by atoms with Crippen molar-refractivity contribution in [2.75, 3.05) is 0 Å². The van der Waals surface area contributed by atoms with Gasteiger partial charge in [0.25, 0.3) is 0 Å². The highest BCUT2D eigenvalue weighted by atomic mass is 16.2. The molecule has 1 amide bonds. The molecule has 3 heteroatoms. The molecule has 3 nitrogen and oxygen atoms in total. The zero-order chi connectivity index (χ0) is 15.0. The van der Waals surface area contributed by atoms with E-state index in [1.165, 1.54) is 16.3 Å². The van der Waals surface area contributed by atoms with Gasteiger partial charge in [0.1, 0.15) is 0 Å². The molecule has 1 aliphatic rings. The number of aryl methyl sites for hydroxylation is 1. The Morgan fingerprint density at radius 3 is 2.62 bits per heavy atom. The van der Waals surface area contributed by atoms with Crippen LogP contribution in [-0.2, 0) is 11.2 Å². The molecule has 0 spiro atoms.